The van der Waals surface area contributed by atoms with E-state index in [2.05, 4.69) is 20.3 Å². The van der Waals surface area contributed by atoms with Gasteiger partial charge in [-0.3, -0.25) is 4.79 Å². The molecule has 0 bridgehead atoms. The van der Waals surface area contributed by atoms with E-state index in [4.69, 9.17) is 4.74 Å². The fraction of sp³-hybridized carbons (Fsp3) is 0.273. The van der Waals surface area contributed by atoms with Gasteiger partial charge >= 0.3 is 0 Å². The number of pyridine rings is 1. The van der Waals surface area contributed by atoms with Crippen LogP contribution in [0.2, 0.25) is 0 Å². The number of aromatic nitrogens is 3. The first-order chi connectivity index (χ1) is 14.6. The molecule has 0 radical (unpaired) electrons. The number of amides is 1. The van der Waals surface area contributed by atoms with Gasteiger partial charge in [0.2, 0.25) is 17.7 Å². The molecule has 1 unspecified atom stereocenters. The van der Waals surface area contributed by atoms with Crippen LogP contribution in [0.3, 0.4) is 0 Å². The van der Waals surface area contributed by atoms with Gasteiger partial charge in [-0.05, 0) is 56.2 Å². The maximum absolute atomic E-state index is 13.1. The summed E-state index contributed by atoms with van der Waals surface area (Å²) in [4.78, 5) is 27.8. The SMILES string of the molecule is Cc1cccc(NC(=O)C2CCCN(c3nccc(Oc4ccc(F)cc4)n3)C2)n1. The molecule has 0 spiro atoms. The molecule has 4 rings (SSSR count). The van der Waals surface area contributed by atoms with E-state index in [1.54, 1.807) is 18.3 Å². The lowest BCUT2D eigenvalue weighted by atomic mass is 9.97. The highest BCUT2D eigenvalue weighted by atomic mass is 19.1. The van der Waals surface area contributed by atoms with Crippen molar-refractivity contribution in [2.24, 2.45) is 5.92 Å². The van der Waals surface area contributed by atoms with Crippen LogP contribution >= 0.6 is 0 Å². The second kappa shape index (κ2) is 8.86. The number of anilines is 2. The van der Waals surface area contributed by atoms with Gasteiger partial charge in [-0.15, -0.1) is 0 Å². The van der Waals surface area contributed by atoms with Gasteiger partial charge in [0.25, 0.3) is 0 Å². The molecule has 3 aromatic rings. The Labute approximate surface area is 174 Å². The number of ether oxygens (including phenoxy) is 1. The molecule has 8 heteroatoms. The Bertz CT molecular complexity index is 1030. The maximum Gasteiger partial charge on any atom is 0.230 e. The second-order valence-corrected chi connectivity index (χ2v) is 7.19. The van der Waals surface area contributed by atoms with Crippen LogP contribution in [0.25, 0.3) is 0 Å². The van der Waals surface area contributed by atoms with Crippen LogP contribution in [0, 0.1) is 18.7 Å². The van der Waals surface area contributed by atoms with Crippen molar-refractivity contribution in [1.82, 2.24) is 15.0 Å². The zero-order chi connectivity index (χ0) is 20.9. The fourth-order valence-corrected chi connectivity index (χ4v) is 3.38. The van der Waals surface area contributed by atoms with Gasteiger partial charge < -0.3 is 15.0 Å². The first-order valence-corrected chi connectivity index (χ1v) is 9.83. The van der Waals surface area contributed by atoms with Gasteiger partial charge in [0.1, 0.15) is 17.4 Å². The second-order valence-electron chi connectivity index (χ2n) is 7.19. The molecular formula is C22H22FN5O2. The summed E-state index contributed by atoms with van der Waals surface area (Å²) in [7, 11) is 0. The van der Waals surface area contributed by atoms with E-state index in [0.717, 1.165) is 25.1 Å². The molecule has 1 fully saturated rings. The average molecular weight is 407 g/mol. The number of piperidine rings is 1. The molecule has 1 amide bonds. The van der Waals surface area contributed by atoms with Crippen LogP contribution in [0.4, 0.5) is 16.2 Å². The zero-order valence-corrected chi connectivity index (χ0v) is 16.6. The highest BCUT2D eigenvalue weighted by Gasteiger charge is 2.27. The molecule has 0 aliphatic carbocycles. The standard InChI is InChI=1S/C22H22FN5O2/c1-15-4-2-6-19(25-15)26-21(29)16-5-3-13-28(14-16)22-24-12-11-20(27-22)30-18-9-7-17(23)8-10-18/h2,4,6-12,16H,3,5,13-14H2,1H3,(H,25,26,29). The van der Waals surface area contributed by atoms with Crippen molar-refractivity contribution in [3.8, 4) is 11.6 Å². The third kappa shape index (κ3) is 4.89. The highest BCUT2D eigenvalue weighted by Crippen LogP contribution is 2.25. The Morgan fingerprint density at radius 3 is 2.80 bits per heavy atom. The molecule has 154 valence electrons. The van der Waals surface area contributed by atoms with E-state index in [1.807, 2.05) is 24.0 Å². The predicted octanol–water partition coefficient (Wildman–Crippen LogP) is 3.97. The Morgan fingerprint density at radius 1 is 1.17 bits per heavy atom. The molecule has 30 heavy (non-hydrogen) atoms. The summed E-state index contributed by atoms with van der Waals surface area (Å²) in [6, 6.07) is 12.9. The van der Waals surface area contributed by atoms with Crippen LogP contribution in [-0.2, 0) is 4.79 Å². The third-order valence-corrected chi connectivity index (χ3v) is 4.87. The number of nitrogens with zero attached hydrogens (tertiary/aromatic N) is 4. The number of benzene rings is 1. The zero-order valence-electron chi connectivity index (χ0n) is 16.6. The minimum Gasteiger partial charge on any atom is -0.439 e. The number of hydrogen-bond acceptors (Lipinski definition) is 6. The predicted molar refractivity (Wildman–Crippen MR) is 111 cm³/mol. The number of hydrogen-bond donors (Lipinski definition) is 1. The van der Waals surface area contributed by atoms with Crippen molar-refractivity contribution in [2.45, 2.75) is 19.8 Å². The van der Waals surface area contributed by atoms with E-state index in [-0.39, 0.29) is 17.6 Å². The summed E-state index contributed by atoms with van der Waals surface area (Å²) in [6.07, 6.45) is 3.26. The van der Waals surface area contributed by atoms with Crippen molar-refractivity contribution in [3.05, 3.63) is 66.2 Å². The Balaban J connectivity index is 1.42. The maximum atomic E-state index is 13.1. The lowest BCUT2D eigenvalue weighted by Gasteiger charge is -2.32. The first kappa shape index (κ1) is 19.8. The van der Waals surface area contributed by atoms with E-state index in [0.29, 0.717) is 29.9 Å². The first-order valence-electron chi connectivity index (χ1n) is 9.83. The molecule has 7 nitrogen and oxygen atoms in total. The van der Waals surface area contributed by atoms with E-state index < -0.39 is 0 Å². The minimum absolute atomic E-state index is 0.0588. The Hall–Kier alpha value is -3.55. The van der Waals surface area contributed by atoms with Crippen molar-refractivity contribution >= 4 is 17.7 Å². The largest absolute Gasteiger partial charge is 0.439 e. The van der Waals surface area contributed by atoms with Gasteiger partial charge in [0.05, 0.1) is 5.92 Å². The lowest BCUT2D eigenvalue weighted by Crippen LogP contribution is -2.41. The summed E-state index contributed by atoms with van der Waals surface area (Å²) in [5.41, 5.74) is 0.851. The molecular weight excluding hydrogens is 385 g/mol. The van der Waals surface area contributed by atoms with Gasteiger partial charge in [0.15, 0.2) is 0 Å². The number of halogens is 1. The topological polar surface area (TPSA) is 80.2 Å². The molecule has 1 N–H and O–H groups in total. The monoisotopic (exact) mass is 407 g/mol. The Kier molecular flexibility index (Phi) is 5.83. The van der Waals surface area contributed by atoms with Gasteiger partial charge in [0, 0.05) is 31.0 Å². The van der Waals surface area contributed by atoms with Crippen molar-refractivity contribution in [1.29, 1.82) is 0 Å². The molecule has 2 aromatic heterocycles. The number of carbonyl (C=O) groups is 1. The number of carbonyl (C=O) groups excluding carboxylic acids is 1. The fourth-order valence-electron chi connectivity index (χ4n) is 3.38. The summed E-state index contributed by atoms with van der Waals surface area (Å²) in [5.74, 6) is 1.33. The smallest absolute Gasteiger partial charge is 0.230 e. The van der Waals surface area contributed by atoms with Crippen molar-refractivity contribution in [3.63, 3.8) is 0 Å². The van der Waals surface area contributed by atoms with Crippen LogP contribution < -0.4 is 15.0 Å². The normalized spacial score (nSPS) is 16.2. The highest BCUT2D eigenvalue weighted by molar-refractivity contribution is 5.92. The van der Waals surface area contributed by atoms with Gasteiger partial charge in [-0.25, -0.2) is 14.4 Å². The molecule has 1 aromatic carbocycles. The van der Waals surface area contributed by atoms with E-state index >= 15 is 0 Å². The van der Waals surface area contributed by atoms with E-state index in [9.17, 15) is 9.18 Å². The molecule has 1 saturated heterocycles. The summed E-state index contributed by atoms with van der Waals surface area (Å²) < 4.78 is 18.8. The van der Waals surface area contributed by atoms with Crippen LogP contribution in [0.15, 0.2) is 54.7 Å². The minimum atomic E-state index is -0.329. The van der Waals surface area contributed by atoms with Gasteiger partial charge in [-0.2, -0.15) is 4.98 Å². The van der Waals surface area contributed by atoms with E-state index in [1.165, 1.54) is 24.3 Å². The lowest BCUT2D eigenvalue weighted by molar-refractivity contribution is -0.120. The van der Waals surface area contributed by atoms with Crippen molar-refractivity contribution < 1.29 is 13.9 Å². The average Bonchev–Trinajstić information content (AvgIpc) is 2.76. The molecule has 0 saturated carbocycles. The quantitative estimate of drug-likeness (QED) is 0.689. The summed E-state index contributed by atoms with van der Waals surface area (Å²) in [6.45, 7) is 3.15. The van der Waals surface area contributed by atoms with Gasteiger partial charge in [-0.1, -0.05) is 6.07 Å². The number of nitrogens with one attached hydrogen (secondary N) is 1. The molecule has 1 aliphatic rings. The summed E-state index contributed by atoms with van der Waals surface area (Å²) >= 11 is 0. The Morgan fingerprint density at radius 2 is 2.00 bits per heavy atom. The number of aryl methyl sites for hydroxylation is 1. The third-order valence-electron chi connectivity index (χ3n) is 4.87. The molecule has 3 heterocycles. The van der Waals surface area contributed by atoms with Crippen LogP contribution in [0.1, 0.15) is 18.5 Å². The van der Waals surface area contributed by atoms with Crippen molar-refractivity contribution in [2.75, 3.05) is 23.3 Å². The summed E-state index contributed by atoms with van der Waals surface area (Å²) in [5, 5.41) is 2.90. The molecule has 1 atom stereocenters. The van der Waals surface area contributed by atoms with Crippen LogP contribution in [-0.4, -0.2) is 33.9 Å². The number of rotatable bonds is 5. The molecule has 1 aliphatic heterocycles. The van der Waals surface area contributed by atoms with Crippen LogP contribution in [0.5, 0.6) is 11.6 Å².